The van der Waals surface area contributed by atoms with Crippen LogP contribution in [0.4, 0.5) is 0 Å². The van der Waals surface area contributed by atoms with E-state index in [9.17, 15) is 0 Å². The Morgan fingerprint density at radius 3 is 1.21 bits per heavy atom. The van der Waals surface area contributed by atoms with E-state index in [0.717, 1.165) is 78.1 Å². The van der Waals surface area contributed by atoms with E-state index < -0.39 is 0 Å². The largest absolute Gasteiger partial charge is 0.309 e. The Balaban J connectivity index is 0.926. The average molecular weight is 852 g/mol. The van der Waals surface area contributed by atoms with Crippen molar-refractivity contribution in [2.45, 2.75) is 0 Å². The molecule has 0 amide bonds. The first-order chi connectivity index (χ1) is 33.2. The van der Waals surface area contributed by atoms with Gasteiger partial charge in [-0.1, -0.05) is 170 Å². The summed E-state index contributed by atoms with van der Waals surface area (Å²) in [6.07, 6.45) is 3.53. The topological polar surface area (TPSA) is 56.5 Å². The normalized spacial score (nSPS) is 11.9. The van der Waals surface area contributed by atoms with Crippen molar-refractivity contribution in [3.8, 4) is 118 Å². The lowest BCUT2D eigenvalue weighted by atomic mass is 9.80. The van der Waals surface area contributed by atoms with Crippen molar-refractivity contribution >= 4 is 21.8 Å². The Morgan fingerprint density at radius 1 is 0.284 bits per heavy atom. The summed E-state index contributed by atoms with van der Waals surface area (Å²) in [4.78, 5) is 19.8. The van der Waals surface area contributed by atoms with Gasteiger partial charge in [0.25, 0.3) is 0 Å². The number of para-hydroxylation sites is 2. The Kier molecular flexibility index (Phi) is 8.21. The monoisotopic (exact) mass is 851 g/mol. The van der Waals surface area contributed by atoms with Gasteiger partial charge in [0.1, 0.15) is 6.33 Å². The van der Waals surface area contributed by atoms with Gasteiger partial charge in [0.05, 0.1) is 16.7 Å². The molecule has 12 aromatic rings. The molecule has 0 aliphatic heterocycles. The zero-order chi connectivity index (χ0) is 44.0. The molecule has 2 aliphatic rings. The van der Waals surface area contributed by atoms with Gasteiger partial charge in [-0.2, -0.15) is 0 Å². The van der Waals surface area contributed by atoms with Crippen molar-refractivity contribution in [1.82, 2.24) is 24.5 Å². The van der Waals surface area contributed by atoms with Crippen molar-refractivity contribution in [3.05, 3.63) is 225 Å². The summed E-state index contributed by atoms with van der Waals surface area (Å²) >= 11 is 0. The maximum absolute atomic E-state index is 5.22. The van der Waals surface area contributed by atoms with Crippen LogP contribution in [0.15, 0.2) is 225 Å². The Bertz CT molecular complexity index is 3950. The second-order valence-electron chi connectivity index (χ2n) is 17.3. The predicted molar refractivity (Wildman–Crippen MR) is 273 cm³/mol. The summed E-state index contributed by atoms with van der Waals surface area (Å²) in [6.45, 7) is 0. The highest BCUT2D eigenvalue weighted by Crippen LogP contribution is 2.50. The Hall–Kier alpha value is -9.06. The van der Waals surface area contributed by atoms with Crippen LogP contribution in [-0.2, 0) is 0 Å². The molecule has 3 aromatic heterocycles. The van der Waals surface area contributed by atoms with E-state index in [1.165, 1.54) is 49.6 Å². The van der Waals surface area contributed by atoms with E-state index in [1.807, 2.05) is 12.3 Å². The Morgan fingerprint density at radius 2 is 0.672 bits per heavy atom. The van der Waals surface area contributed by atoms with Gasteiger partial charge >= 0.3 is 0 Å². The number of hydrogen-bond donors (Lipinski definition) is 0. The van der Waals surface area contributed by atoms with Crippen molar-refractivity contribution < 1.29 is 0 Å². The van der Waals surface area contributed by atoms with Crippen LogP contribution in [0.25, 0.3) is 139 Å². The number of fused-ring (bicyclic) bond motifs is 19. The summed E-state index contributed by atoms with van der Waals surface area (Å²) in [6, 6.07) is 76.6. The summed E-state index contributed by atoms with van der Waals surface area (Å²) in [5, 5.41) is 2.49. The first-order valence-electron chi connectivity index (χ1n) is 22.7. The summed E-state index contributed by atoms with van der Waals surface area (Å²) in [5.74, 6) is 1.23. The van der Waals surface area contributed by atoms with Crippen LogP contribution >= 0.6 is 0 Å². The number of nitrogens with zero attached hydrogens (tertiary/aromatic N) is 5. The standard InChI is InChI=1S/C62H37N5/c1-4-18-45-41(14-1)42-15-2-6-20-47(42)57-36-40(67-58-25-11-9-21-51(58)52-22-10-12-26-59(52)67)29-32-49(57)48-30-27-38(34-55(45)48)61-64-37-65-62(66-61)39-28-31-50-54-24-13-33-63-60(54)53-23-8-7-17-44(53)43-16-3-5-19-46(43)56(50)35-39/h1-37H. The van der Waals surface area contributed by atoms with Gasteiger partial charge in [-0.3, -0.25) is 4.98 Å². The molecule has 67 heavy (non-hydrogen) atoms. The fraction of sp³-hybridized carbons (Fsp3) is 0. The molecule has 0 saturated carbocycles. The van der Waals surface area contributed by atoms with Gasteiger partial charge in [0, 0.05) is 44.9 Å². The van der Waals surface area contributed by atoms with Crippen LogP contribution < -0.4 is 0 Å². The molecule has 0 spiro atoms. The molecule has 0 N–H and O–H groups in total. The molecule has 0 unspecified atom stereocenters. The lowest BCUT2D eigenvalue weighted by Gasteiger charge is -2.24. The highest BCUT2D eigenvalue weighted by Gasteiger charge is 2.26. The molecule has 0 saturated heterocycles. The molecule has 0 bridgehead atoms. The maximum atomic E-state index is 5.22. The van der Waals surface area contributed by atoms with E-state index in [-0.39, 0.29) is 0 Å². The van der Waals surface area contributed by atoms with E-state index in [1.54, 1.807) is 6.33 Å². The highest BCUT2D eigenvalue weighted by molar-refractivity contribution is 6.10. The highest BCUT2D eigenvalue weighted by atomic mass is 15.0. The van der Waals surface area contributed by atoms with Gasteiger partial charge in [0.15, 0.2) is 11.6 Å². The molecular formula is C62H37N5. The first kappa shape index (κ1) is 37.3. The second-order valence-corrected chi connectivity index (χ2v) is 17.3. The average Bonchev–Trinajstić information content (AvgIpc) is 3.74. The van der Waals surface area contributed by atoms with Crippen molar-refractivity contribution in [2.24, 2.45) is 0 Å². The minimum atomic E-state index is 0.614. The molecule has 9 aromatic carbocycles. The van der Waals surface area contributed by atoms with Gasteiger partial charge in [0.2, 0.25) is 0 Å². The number of aromatic nitrogens is 5. The van der Waals surface area contributed by atoms with Crippen molar-refractivity contribution in [2.75, 3.05) is 0 Å². The number of pyridine rings is 1. The minimum Gasteiger partial charge on any atom is -0.309 e. The van der Waals surface area contributed by atoms with E-state index in [2.05, 4.69) is 211 Å². The maximum Gasteiger partial charge on any atom is 0.163 e. The molecule has 0 fully saturated rings. The van der Waals surface area contributed by atoms with Crippen LogP contribution in [0, 0.1) is 0 Å². The number of rotatable bonds is 3. The summed E-state index contributed by atoms with van der Waals surface area (Å²) in [7, 11) is 0. The molecule has 14 rings (SSSR count). The van der Waals surface area contributed by atoms with Crippen LogP contribution in [0.3, 0.4) is 0 Å². The van der Waals surface area contributed by atoms with Gasteiger partial charge in [-0.15, -0.1) is 0 Å². The van der Waals surface area contributed by atoms with Gasteiger partial charge in [-0.25, -0.2) is 15.0 Å². The minimum absolute atomic E-state index is 0.614. The molecule has 310 valence electrons. The van der Waals surface area contributed by atoms with Crippen LogP contribution in [-0.4, -0.2) is 24.5 Å². The summed E-state index contributed by atoms with van der Waals surface area (Å²) < 4.78 is 2.40. The van der Waals surface area contributed by atoms with Gasteiger partial charge < -0.3 is 4.57 Å². The quantitative estimate of drug-likeness (QED) is 0.178. The fourth-order valence-corrected chi connectivity index (χ4v) is 10.8. The van der Waals surface area contributed by atoms with Crippen molar-refractivity contribution in [3.63, 3.8) is 0 Å². The summed E-state index contributed by atoms with van der Waals surface area (Å²) in [5.41, 5.74) is 23.6. The van der Waals surface area contributed by atoms with Gasteiger partial charge in [-0.05, 0) is 115 Å². The van der Waals surface area contributed by atoms with Crippen LogP contribution in [0.2, 0.25) is 0 Å². The third kappa shape index (κ3) is 5.75. The Labute approximate surface area is 387 Å². The number of benzene rings is 9. The fourth-order valence-electron chi connectivity index (χ4n) is 10.8. The number of hydrogen-bond acceptors (Lipinski definition) is 4. The molecule has 5 heteroatoms. The lowest BCUT2D eigenvalue weighted by molar-refractivity contribution is 1.07. The van der Waals surface area contributed by atoms with E-state index >= 15 is 0 Å². The molecular weight excluding hydrogens is 815 g/mol. The molecule has 2 aliphatic carbocycles. The first-order valence-corrected chi connectivity index (χ1v) is 22.7. The van der Waals surface area contributed by atoms with E-state index in [4.69, 9.17) is 19.9 Å². The van der Waals surface area contributed by atoms with Crippen LogP contribution in [0.1, 0.15) is 0 Å². The molecule has 5 nitrogen and oxygen atoms in total. The second kappa shape index (κ2) is 14.7. The molecule has 0 radical (unpaired) electrons. The third-order valence-corrected chi connectivity index (χ3v) is 13.8. The molecule has 3 heterocycles. The smallest absolute Gasteiger partial charge is 0.163 e. The zero-order valence-electron chi connectivity index (χ0n) is 36.1. The zero-order valence-corrected chi connectivity index (χ0v) is 36.1. The lowest BCUT2D eigenvalue weighted by Crippen LogP contribution is -2.01. The SMILES string of the molecule is c1ccc2c(c1)-c1ccccc1-c1cc(-n3c4ccccc4c4ccccc43)ccc1-c1ccc(-c3ncnc(-c4ccc5c(c4)-c4ccccc4-c4ccccc4-c4ncccc4-5)n3)cc1-2. The van der Waals surface area contributed by atoms with Crippen molar-refractivity contribution in [1.29, 1.82) is 0 Å². The van der Waals surface area contributed by atoms with E-state index in [0.29, 0.717) is 11.6 Å². The third-order valence-electron chi connectivity index (χ3n) is 13.8. The predicted octanol–water partition coefficient (Wildman–Crippen LogP) is 15.7. The van der Waals surface area contributed by atoms with Crippen LogP contribution in [0.5, 0.6) is 0 Å². The molecule has 0 atom stereocenters.